The van der Waals surface area contributed by atoms with Gasteiger partial charge in [-0.05, 0) is 56.6 Å². The topological polar surface area (TPSA) is 106 Å². The molecule has 2 N–H and O–H groups in total. The number of oxazole rings is 1. The second kappa shape index (κ2) is 9.46. The SMILES string of the molecule is Cc1nc(OC[C@@H]2CCCN2)ccc1NS(=O)(=O)c1ccc(-c2cnco2)cc1.Cl. The Hall–Kier alpha value is -2.62. The first-order valence-electron chi connectivity index (χ1n) is 9.37. The van der Waals surface area contributed by atoms with Gasteiger partial charge in [0.25, 0.3) is 10.0 Å². The summed E-state index contributed by atoms with van der Waals surface area (Å²) in [5.41, 5.74) is 1.71. The Bertz CT molecular complexity index is 1070. The number of hydrogen-bond acceptors (Lipinski definition) is 7. The summed E-state index contributed by atoms with van der Waals surface area (Å²) in [6.45, 7) is 3.31. The van der Waals surface area contributed by atoms with E-state index in [1.165, 1.54) is 18.5 Å². The molecule has 0 spiro atoms. The number of ether oxygens (including phenoxy) is 1. The fraction of sp³-hybridized carbons (Fsp3) is 0.300. The van der Waals surface area contributed by atoms with Crippen molar-refractivity contribution < 1.29 is 17.6 Å². The van der Waals surface area contributed by atoms with Crippen molar-refractivity contribution in [3.05, 3.63) is 54.7 Å². The molecular formula is C20H23ClN4O4S. The minimum Gasteiger partial charge on any atom is -0.476 e. The number of rotatable bonds is 7. The molecule has 30 heavy (non-hydrogen) atoms. The molecule has 0 aliphatic carbocycles. The number of anilines is 1. The van der Waals surface area contributed by atoms with Gasteiger partial charge in [-0.1, -0.05) is 0 Å². The predicted octanol–water partition coefficient (Wildman–Crippen LogP) is 3.40. The number of nitrogens with zero attached hydrogens (tertiary/aromatic N) is 2. The molecular weight excluding hydrogens is 428 g/mol. The van der Waals surface area contributed by atoms with Gasteiger partial charge in [0, 0.05) is 17.7 Å². The van der Waals surface area contributed by atoms with Crippen LogP contribution in [0.1, 0.15) is 18.5 Å². The Balaban J connectivity index is 0.00000256. The van der Waals surface area contributed by atoms with Gasteiger partial charge >= 0.3 is 0 Å². The first-order chi connectivity index (χ1) is 14.0. The summed E-state index contributed by atoms with van der Waals surface area (Å²) >= 11 is 0. The summed E-state index contributed by atoms with van der Waals surface area (Å²) in [6, 6.07) is 10.1. The lowest BCUT2D eigenvalue weighted by atomic mass is 10.2. The zero-order valence-electron chi connectivity index (χ0n) is 16.4. The Labute approximate surface area is 181 Å². The third kappa shape index (κ3) is 5.10. The lowest BCUT2D eigenvalue weighted by Crippen LogP contribution is -2.28. The zero-order valence-corrected chi connectivity index (χ0v) is 18.0. The molecule has 1 aromatic carbocycles. The summed E-state index contributed by atoms with van der Waals surface area (Å²) in [6.07, 6.45) is 5.14. The molecule has 1 aliphatic rings. The van der Waals surface area contributed by atoms with Crippen molar-refractivity contribution in [2.45, 2.75) is 30.7 Å². The van der Waals surface area contributed by atoms with Crippen molar-refractivity contribution in [2.75, 3.05) is 17.9 Å². The molecule has 10 heteroatoms. The molecule has 0 saturated carbocycles. The number of halogens is 1. The quantitative estimate of drug-likeness (QED) is 0.568. The van der Waals surface area contributed by atoms with Crippen molar-refractivity contribution in [3.8, 4) is 17.2 Å². The number of sulfonamides is 1. The Morgan fingerprint density at radius 1 is 1.23 bits per heavy atom. The number of aromatic nitrogens is 2. The van der Waals surface area contributed by atoms with Gasteiger partial charge in [-0.25, -0.2) is 18.4 Å². The van der Waals surface area contributed by atoms with E-state index in [2.05, 4.69) is 20.0 Å². The van der Waals surface area contributed by atoms with Gasteiger partial charge < -0.3 is 14.5 Å². The van der Waals surface area contributed by atoms with E-state index in [9.17, 15) is 8.42 Å². The minimum absolute atomic E-state index is 0. The van der Waals surface area contributed by atoms with Crippen LogP contribution in [0.25, 0.3) is 11.3 Å². The first kappa shape index (κ1) is 22.1. The Kier molecular flexibility index (Phi) is 6.96. The van der Waals surface area contributed by atoms with E-state index >= 15 is 0 Å². The third-order valence-corrected chi connectivity index (χ3v) is 6.16. The molecule has 3 aromatic rings. The third-order valence-electron chi connectivity index (χ3n) is 4.78. The summed E-state index contributed by atoms with van der Waals surface area (Å²) in [5, 5.41) is 3.36. The van der Waals surface area contributed by atoms with Crippen LogP contribution in [0.3, 0.4) is 0 Å². The number of hydrogen-bond donors (Lipinski definition) is 2. The van der Waals surface area contributed by atoms with Crippen LogP contribution in [0.15, 0.2) is 58.3 Å². The highest BCUT2D eigenvalue weighted by molar-refractivity contribution is 7.92. The van der Waals surface area contributed by atoms with Gasteiger partial charge in [0.05, 0.1) is 22.5 Å². The standard InChI is InChI=1S/C20H22N4O4S.ClH/c1-14-18(8-9-20(23-14)27-12-16-3-2-10-22-16)24-29(25,26)17-6-4-15(5-7-17)19-11-21-13-28-19;/h4-9,11,13,16,22,24H,2-3,10,12H2,1H3;1H/t16-;/m0./s1. The highest BCUT2D eigenvalue weighted by Gasteiger charge is 2.18. The molecule has 4 rings (SSSR count). The summed E-state index contributed by atoms with van der Waals surface area (Å²) in [4.78, 5) is 8.37. The van der Waals surface area contributed by atoms with Crippen LogP contribution in [0.5, 0.6) is 5.88 Å². The van der Waals surface area contributed by atoms with Gasteiger partial charge in [-0.15, -0.1) is 12.4 Å². The van der Waals surface area contributed by atoms with Crippen LogP contribution < -0.4 is 14.8 Å². The van der Waals surface area contributed by atoms with E-state index in [-0.39, 0.29) is 17.3 Å². The van der Waals surface area contributed by atoms with E-state index in [0.717, 1.165) is 24.9 Å². The van der Waals surface area contributed by atoms with Crippen LogP contribution >= 0.6 is 12.4 Å². The van der Waals surface area contributed by atoms with Crippen molar-refractivity contribution >= 4 is 28.1 Å². The molecule has 8 nitrogen and oxygen atoms in total. The molecule has 1 saturated heterocycles. The lowest BCUT2D eigenvalue weighted by Gasteiger charge is -2.14. The van der Waals surface area contributed by atoms with Gasteiger partial charge in [0.2, 0.25) is 5.88 Å². The average Bonchev–Trinajstić information content (AvgIpc) is 3.42. The van der Waals surface area contributed by atoms with Crippen LogP contribution in [0.2, 0.25) is 0 Å². The molecule has 0 radical (unpaired) electrons. The van der Waals surface area contributed by atoms with Crippen molar-refractivity contribution in [1.29, 1.82) is 0 Å². The summed E-state index contributed by atoms with van der Waals surface area (Å²) in [5.74, 6) is 1.06. The maximum absolute atomic E-state index is 12.7. The normalized spacial score (nSPS) is 16.1. The second-order valence-corrected chi connectivity index (χ2v) is 8.56. The molecule has 2 aromatic heterocycles. The average molecular weight is 451 g/mol. The van der Waals surface area contributed by atoms with Crippen LogP contribution in [0.4, 0.5) is 5.69 Å². The number of pyridine rings is 1. The fourth-order valence-corrected chi connectivity index (χ4v) is 4.29. The van der Waals surface area contributed by atoms with E-state index in [4.69, 9.17) is 9.15 Å². The van der Waals surface area contributed by atoms with Gasteiger partial charge in [0.15, 0.2) is 12.2 Å². The second-order valence-electron chi connectivity index (χ2n) is 6.88. The largest absolute Gasteiger partial charge is 0.476 e. The molecule has 160 valence electrons. The first-order valence-corrected chi connectivity index (χ1v) is 10.9. The highest BCUT2D eigenvalue weighted by Crippen LogP contribution is 2.24. The predicted molar refractivity (Wildman–Crippen MR) is 115 cm³/mol. The molecule has 0 unspecified atom stereocenters. The molecule has 3 heterocycles. The number of benzene rings is 1. The van der Waals surface area contributed by atoms with E-state index in [1.54, 1.807) is 37.4 Å². The van der Waals surface area contributed by atoms with Gasteiger partial charge in [0.1, 0.15) is 6.61 Å². The Morgan fingerprint density at radius 2 is 2.03 bits per heavy atom. The van der Waals surface area contributed by atoms with Crippen LogP contribution in [0, 0.1) is 6.92 Å². The Morgan fingerprint density at radius 3 is 2.67 bits per heavy atom. The molecule has 1 fully saturated rings. The van der Waals surface area contributed by atoms with Gasteiger partial charge in [-0.2, -0.15) is 0 Å². The number of nitrogens with one attached hydrogen (secondary N) is 2. The zero-order chi connectivity index (χ0) is 20.3. The van der Waals surface area contributed by atoms with E-state index in [0.29, 0.717) is 35.7 Å². The van der Waals surface area contributed by atoms with Crippen LogP contribution in [-0.4, -0.2) is 37.6 Å². The summed E-state index contributed by atoms with van der Waals surface area (Å²) in [7, 11) is -3.75. The van der Waals surface area contributed by atoms with Crippen molar-refractivity contribution in [3.63, 3.8) is 0 Å². The minimum atomic E-state index is -3.75. The fourth-order valence-electron chi connectivity index (χ4n) is 3.17. The molecule has 0 amide bonds. The molecule has 1 aliphatic heterocycles. The smallest absolute Gasteiger partial charge is 0.261 e. The summed E-state index contributed by atoms with van der Waals surface area (Å²) < 4.78 is 39.0. The number of aryl methyl sites for hydroxylation is 1. The highest BCUT2D eigenvalue weighted by atomic mass is 35.5. The van der Waals surface area contributed by atoms with E-state index < -0.39 is 10.0 Å². The monoisotopic (exact) mass is 450 g/mol. The van der Waals surface area contributed by atoms with Crippen molar-refractivity contribution in [1.82, 2.24) is 15.3 Å². The van der Waals surface area contributed by atoms with Crippen molar-refractivity contribution in [2.24, 2.45) is 0 Å². The lowest BCUT2D eigenvalue weighted by molar-refractivity contribution is 0.267. The molecule has 1 atom stereocenters. The maximum atomic E-state index is 12.7. The van der Waals surface area contributed by atoms with Gasteiger partial charge in [-0.3, -0.25) is 4.72 Å². The van der Waals surface area contributed by atoms with E-state index in [1.807, 2.05) is 0 Å². The maximum Gasteiger partial charge on any atom is 0.261 e. The van der Waals surface area contributed by atoms with Crippen LogP contribution in [-0.2, 0) is 10.0 Å². The molecule has 0 bridgehead atoms.